The van der Waals surface area contributed by atoms with Gasteiger partial charge in [0.2, 0.25) is 0 Å². The molecule has 0 aliphatic heterocycles. The highest BCUT2D eigenvalue weighted by atomic mass is 35.5. The average Bonchev–Trinajstić information content (AvgIpc) is 2.29. The Kier molecular flexibility index (Phi) is 5.56. The molecule has 1 rings (SSSR count). The first kappa shape index (κ1) is 13.8. The summed E-state index contributed by atoms with van der Waals surface area (Å²) in [6.07, 6.45) is 0.259. The first-order valence-corrected chi connectivity index (χ1v) is 6.10. The Balaban J connectivity index is 2.58. The van der Waals surface area contributed by atoms with Gasteiger partial charge in [0.05, 0.1) is 22.3 Å². The van der Waals surface area contributed by atoms with Crippen molar-refractivity contribution in [3.63, 3.8) is 0 Å². The average molecular weight is 263 g/mol. The van der Waals surface area contributed by atoms with Crippen molar-refractivity contribution in [1.29, 1.82) is 0 Å². The summed E-state index contributed by atoms with van der Waals surface area (Å²) >= 11 is 11.9. The predicted octanol–water partition coefficient (Wildman–Crippen LogP) is 3.06. The van der Waals surface area contributed by atoms with E-state index in [-0.39, 0.29) is 0 Å². The number of aliphatic hydroxyl groups is 2. The SMILES string of the molecule is CCC(O)C(O)CCc1cccc(Cl)c1Cl. The summed E-state index contributed by atoms with van der Waals surface area (Å²) in [4.78, 5) is 0. The summed E-state index contributed by atoms with van der Waals surface area (Å²) in [5, 5.41) is 20.1. The smallest absolute Gasteiger partial charge is 0.0802 e. The van der Waals surface area contributed by atoms with E-state index in [1.807, 2.05) is 19.1 Å². The van der Waals surface area contributed by atoms with E-state index < -0.39 is 12.2 Å². The van der Waals surface area contributed by atoms with Gasteiger partial charge in [-0.1, -0.05) is 42.3 Å². The molecule has 0 saturated carbocycles. The molecule has 1 aromatic rings. The van der Waals surface area contributed by atoms with Crippen molar-refractivity contribution < 1.29 is 10.2 Å². The number of aliphatic hydroxyl groups excluding tert-OH is 2. The lowest BCUT2D eigenvalue weighted by Gasteiger charge is -2.16. The van der Waals surface area contributed by atoms with Crippen LogP contribution in [0.2, 0.25) is 10.0 Å². The van der Waals surface area contributed by atoms with E-state index in [0.717, 1.165) is 5.56 Å². The monoisotopic (exact) mass is 262 g/mol. The van der Waals surface area contributed by atoms with Gasteiger partial charge >= 0.3 is 0 Å². The van der Waals surface area contributed by atoms with Crippen molar-refractivity contribution in [3.8, 4) is 0 Å². The number of benzene rings is 1. The third-order valence-electron chi connectivity index (χ3n) is 2.60. The molecule has 0 aromatic heterocycles. The van der Waals surface area contributed by atoms with Crippen molar-refractivity contribution in [1.82, 2.24) is 0 Å². The summed E-state index contributed by atoms with van der Waals surface area (Å²) in [6.45, 7) is 1.83. The Morgan fingerprint density at radius 2 is 1.88 bits per heavy atom. The molecule has 0 heterocycles. The predicted molar refractivity (Wildman–Crippen MR) is 67.1 cm³/mol. The van der Waals surface area contributed by atoms with E-state index in [9.17, 15) is 10.2 Å². The summed E-state index contributed by atoms with van der Waals surface area (Å²) in [6, 6.07) is 5.43. The fourth-order valence-electron chi connectivity index (χ4n) is 1.51. The standard InChI is InChI=1S/C12H16Cl2O2/c1-2-10(15)11(16)7-6-8-4-3-5-9(13)12(8)14/h3-5,10-11,15-16H,2,6-7H2,1H3. The van der Waals surface area contributed by atoms with Crippen LogP contribution in [0.4, 0.5) is 0 Å². The maximum Gasteiger partial charge on any atom is 0.0802 e. The van der Waals surface area contributed by atoms with E-state index in [2.05, 4.69) is 0 Å². The zero-order valence-electron chi connectivity index (χ0n) is 9.16. The maximum absolute atomic E-state index is 9.61. The van der Waals surface area contributed by atoms with Gasteiger partial charge < -0.3 is 10.2 Å². The van der Waals surface area contributed by atoms with Crippen LogP contribution < -0.4 is 0 Å². The van der Waals surface area contributed by atoms with Gasteiger partial charge in [-0.05, 0) is 30.9 Å². The number of halogens is 2. The fourth-order valence-corrected chi connectivity index (χ4v) is 1.92. The molecule has 2 atom stereocenters. The Labute approximate surface area is 106 Å². The van der Waals surface area contributed by atoms with Crippen LogP contribution in [0, 0.1) is 0 Å². The highest BCUT2D eigenvalue weighted by molar-refractivity contribution is 6.42. The lowest BCUT2D eigenvalue weighted by Crippen LogP contribution is -2.25. The lowest BCUT2D eigenvalue weighted by atomic mass is 10.0. The Bertz CT molecular complexity index is 342. The molecule has 0 bridgehead atoms. The molecule has 0 saturated heterocycles. The molecule has 2 unspecified atom stereocenters. The lowest BCUT2D eigenvalue weighted by molar-refractivity contribution is 0.0130. The van der Waals surface area contributed by atoms with Crippen molar-refractivity contribution in [3.05, 3.63) is 33.8 Å². The van der Waals surface area contributed by atoms with Gasteiger partial charge in [0.15, 0.2) is 0 Å². The summed E-state index contributed by atoms with van der Waals surface area (Å²) < 4.78 is 0. The van der Waals surface area contributed by atoms with Crippen molar-refractivity contribution in [2.45, 2.75) is 38.4 Å². The highest BCUT2D eigenvalue weighted by Crippen LogP contribution is 2.26. The number of aryl methyl sites for hydroxylation is 1. The highest BCUT2D eigenvalue weighted by Gasteiger charge is 2.14. The fraction of sp³-hybridized carbons (Fsp3) is 0.500. The molecule has 1 aromatic carbocycles. The minimum Gasteiger partial charge on any atom is -0.390 e. The van der Waals surface area contributed by atoms with Crippen LogP contribution in [-0.4, -0.2) is 22.4 Å². The molecule has 90 valence electrons. The van der Waals surface area contributed by atoms with Crippen LogP contribution >= 0.6 is 23.2 Å². The molecule has 4 heteroatoms. The van der Waals surface area contributed by atoms with Gasteiger partial charge in [-0.3, -0.25) is 0 Å². The Morgan fingerprint density at radius 3 is 2.50 bits per heavy atom. The topological polar surface area (TPSA) is 40.5 Å². The molecule has 2 nitrogen and oxygen atoms in total. The first-order chi connectivity index (χ1) is 7.56. The van der Waals surface area contributed by atoms with Gasteiger partial charge in [-0.2, -0.15) is 0 Å². The summed E-state index contributed by atoms with van der Waals surface area (Å²) in [5.74, 6) is 0. The van der Waals surface area contributed by atoms with E-state index in [4.69, 9.17) is 23.2 Å². The minimum absolute atomic E-state index is 0.481. The summed E-state index contributed by atoms with van der Waals surface area (Å²) in [7, 11) is 0. The van der Waals surface area contributed by atoms with Crippen molar-refractivity contribution >= 4 is 23.2 Å². The van der Waals surface area contributed by atoms with Crippen LogP contribution in [0.5, 0.6) is 0 Å². The molecular weight excluding hydrogens is 247 g/mol. The van der Waals surface area contributed by atoms with Gasteiger partial charge in [-0.25, -0.2) is 0 Å². The summed E-state index contributed by atoms with van der Waals surface area (Å²) in [5.41, 5.74) is 0.900. The van der Waals surface area contributed by atoms with Gasteiger partial charge in [0, 0.05) is 0 Å². The molecule has 0 radical (unpaired) electrons. The second-order valence-corrected chi connectivity index (χ2v) is 4.58. The van der Waals surface area contributed by atoms with E-state index in [1.54, 1.807) is 6.07 Å². The minimum atomic E-state index is -0.708. The molecule has 0 fully saturated rings. The molecule has 0 aliphatic rings. The number of hydrogen-bond acceptors (Lipinski definition) is 2. The second-order valence-electron chi connectivity index (χ2n) is 3.79. The van der Waals surface area contributed by atoms with Crippen LogP contribution in [-0.2, 0) is 6.42 Å². The second kappa shape index (κ2) is 6.45. The van der Waals surface area contributed by atoms with Crippen LogP contribution in [0.15, 0.2) is 18.2 Å². The van der Waals surface area contributed by atoms with Crippen molar-refractivity contribution in [2.75, 3.05) is 0 Å². The Hall–Kier alpha value is -0.280. The molecular formula is C12H16Cl2O2. The molecule has 2 N–H and O–H groups in total. The number of rotatable bonds is 5. The van der Waals surface area contributed by atoms with Crippen LogP contribution in [0.25, 0.3) is 0 Å². The van der Waals surface area contributed by atoms with Gasteiger partial charge in [0.25, 0.3) is 0 Å². The molecule has 0 aliphatic carbocycles. The van der Waals surface area contributed by atoms with E-state index in [0.29, 0.717) is 29.3 Å². The number of hydrogen-bond donors (Lipinski definition) is 2. The van der Waals surface area contributed by atoms with E-state index >= 15 is 0 Å². The largest absolute Gasteiger partial charge is 0.390 e. The van der Waals surface area contributed by atoms with Crippen LogP contribution in [0.1, 0.15) is 25.3 Å². The van der Waals surface area contributed by atoms with Crippen molar-refractivity contribution in [2.24, 2.45) is 0 Å². The zero-order valence-corrected chi connectivity index (χ0v) is 10.7. The molecule has 16 heavy (non-hydrogen) atoms. The zero-order chi connectivity index (χ0) is 12.1. The van der Waals surface area contributed by atoms with E-state index in [1.165, 1.54) is 0 Å². The Morgan fingerprint density at radius 1 is 1.19 bits per heavy atom. The normalized spacial score (nSPS) is 14.8. The third-order valence-corrected chi connectivity index (χ3v) is 3.46. The molecule has 0 amide bonds. The maximum atomic E-state index is 9.61. The van der Waals surface area contributed by atoms with Gasteiger partial charge in [-0.15, -0.1) is 0 Å². The van der Waals surface area contributed by atoms with Crippen LogP contribution in [0.3, 0.4) is 0 Å². The van der Waals surface area contributed by atoms with Gasteiger partial charge in [0.1, 0.15) is 0 Å². The third kappa shape index (κ3) is 3.63. The first-order valence-electron chi connectivity index (χ1n) is 5.35. The molecule has 0 spiro atoms. The quantitative estimate of drug-likeness (QED) is 0.857.